The second-order valence-corrected chi connectivity index (χ2v) is 6.52. The van der Waals surface area contributed by atoms with Crippen molar-refractivity contribution < 1.29 is 14.6 Å². The number of hydrogen-bond donors (Lipinski definition) is 2. The molecule has 3 rings (SSSR count). The molecule has 134 valence electrons. The maximum absolute atomic E-state index is 12.9. The van der Waals surface area contributed by atoms with Gasteiger partial charge in [0.2, 0.25) is 5.91 Å². The fourth-order valence-corrected chi connectivity index (χ4v) is 3.39. The SMILES string of the molecule is COc1ccc(CN(C)C(=O)[C@H]2CNC[C@@H]2c2cnn(C)c2)cc1O. The van der Waals surface area contributed by atoms with Crippen molar-refractivity contribution in [1.82, 2.24) is 20.0 Å². The molecular formula is C18H24N4O3. The van der Waals surface area contributed by atoms with Crippen LogP contribution in [-0.4, -0.2) is 52.9 Å². The van der Waals surface area contributed by atoms with Crippen LogP contribution in [0.5, 0.6) is 11.5 Å². The number of nitrogens with one attached hydrogen (secondary N) is 1. The Labute approximate surface area is 147 Å². The maximum atomic E-state index is 12.9. The Morgan fingerprint density at radius 1 is 1.48 bits per heavy atom. The van der Waals surface area contributed by atoms with Crippen LogP contribution in [-0.2, 0) is 18.4 Å². The monoisotopic (exact) mass is 344 g/mol. The third-order valence-electron chi connectivity index (χ3n) is 4.72. The number of amides is 1. The predicted molar refractivity (Wildman–Crippen MR) is 93.4 cm³/mol. The lowest BCUT2D eigenvalue weighted by Gasteiger charge is -2.24. The van der Waals surface area contributed by atoms with E-state index in [1.165, 1.54) is 7.11 Å². The fraction of sp³-hybridized carbons (Fsp3) is 0.444. The van der Waals surface area contributed by atoms with E-state index < -0.39 is 0 Å². The lowest BCUT2D eigenvalue weighted by molar-refractivity contribution is -0.134. The number of nitrogens with zero attached hydrogens (tertiary/aromatic N) is 3. The molecule has 2 aromatic rings. The number of rotatable bonds is 5. The molecule has 1 fully saturated rings. The van der Waals surface area contributed by atoms with Crippen LogP contribution in [0.2, 0.25) is 0 Å². The van der Waals surface area contributed by atoms with Crippen LogP contribution in [0.3, 0.4) is 0 Å². The zero-order valence-electron chi connectivity index (χ0n) is 14.8. The van der Waals surface area contributed by atoms with Crippen LogP contribution in [0.4, 0.5) is 0 Å². The van der Waals surface area contributed by atoms with Gasteiger partial charge < -0.3 is 20.1 Å². The van der Waals surface area contributed by atoms with E-state index in [-0.39, 0.29) is 23.5 Å². The van der Waals surface area contributed by atoms with E-state index in [4.69, 9.17) is 4.74 Å². The van der Waals surface area contributed by atoms with E-state index in [2.05, 4.69) is 10.4 Å². The minimum absolute atomic E-state index is 0.0802. The van der Waals surface area contributed by atoms with Crippen molar-refractivity contribution in [3.05, 3.63) is 41.7 Å². The van der Waals surface area contributed by atoms with Gasteiger partial charge in [-0.3, -0.25) is 9.48 Å². The standard InChI is InChI=1S/C18H24N4O3/c1-21(10-12-4-5-17(25-3)16(23)6-12)18(24)15-9-19-8-14(15)13-7-20-22(2)11-13/h4-7,11,14-15,19,23H,8-10H2,1-3H3/t14-,15+/m1/s1. The van der Waals surface area contributed by atoms with E-state index in [1.807, 2.05) is 25.5 Å². The first-order chi connectivity index (χ1) is 12.0. The third kappa shape index (κ3) is 3.61. The molecule has 1 aliphatic rings. The van der Waals surface area contributed by atoms with Gasteiger partial charge >= 0.3 is 0 Å². The minimum Gasteiger partial charge on any atom is -0.504 e. The second kappa shape index (κ2) is 7.14. The average Bonchev–Trinajstić information content (AvgIpc) is 3.22. The van der Waals surface area contributed by atoms with Crippen LogP contribution >= 0.6 is 0 Å². The van der Waals surface area contributed by atoms with E-state index in [0.717, 1.165) is 17.7 Å². The van der Waals surface area contributed by atoms with Crippen molar-refractivity contribution >= 4 is 5.91 Å². The number of ether oxygens (including phenoxy) is 1. The molecule has 0 unspecified atom stereocenters. The highest BCUT2D eigenvalue weighted by Gasteiger charge is 2.36. The molecule has 1 saturated heterocycles. The molecule has 1 amide bonds. The van der Waals surface area contributed by atoms with E-state index in [0.29, 0.717) is 18.8 Å². The summed E-state index contributed by atoms with van der Waals surface area (Å²) < 4.78 is 6.81. The summed E-state index contributed by atoms with van der Waals surface area (Å²) in [6, 6.07) is 5.19. The third-order valence-corrected chi connectivity index (χ3v) is 4.72. The van der Waals surface area contributed by atoms with Crippen molar-refractivity contribution in [2.24, 2.45) is 13.0 Å². The Balaban J connectivity index is 1.70. The molecule has 7 heteroatoms. The number of methoxy groups -OCH3 is 1. The van der Waals surface area contributed by atoms with Crippen molar-refractivity contribution in [3.8, 4) is 11.5 Å². The summed E-state index contributed by atoms with van der Waals surface area (Å²) >= 11 is 0. The highest BCUT2D eigenvalue weighted by molar-refractivity contribution is 5.80. The Hall–Kier alpha value is -2.54. The zero-order chi connectivity index (χ0) is 18.0. The quantitative estimate of drug-likeness (QED) is 0.849. The number of carbonyl (C=O) groups excluding carboxylic acids is 1. The molecule has 1 aliphatic heterocycles. The highest BCUT2D eigenvalue weighted by atomic mass is 16.5. The van der Waals surface area contributed by atoms with E-state index in [9.17, 15) is 9.90 Å². The molecule has 0 saturated carbocycles. The summed E-state index contributed by atoms with van der Waals surface area (Å²) in [4.78, 5) is 14.6. The van der Waals surface area contributed by atoms with Crippen LogP contribution in [0.15, 0.2) is 30.6 Å². The van der Waals surface area contributed by atoms with Gasteiger partial charge in [0.15, 0.2) is 11.5 Å². The molecule has 0 spiro atoms. The summed E-state index contributed by atoms with van der Waals surface area (Å²) in [5, 5.41) is 17.4. The molecule has 25 heavy (non-hydrogen) atoms. The van der Waals surface area contributed by atoms with Crippen molar-refractivity contribution in [2.75, 3.05) is 27.2 Å². The molecule has 2 heterocycles. The van der Waals surface area contributed by atoms with Crippen molar-refractivity contribution in [2.45, 2.75) is 12.5 Å². The number of benzene rings is 1. The molecule has 1 aromatic carbocycles. The van der Waals surface area contributed by atoms with Gasteiger partial charge in [-0.1, -0.05) is 6.07 Å². The molecule has 0 radical (unpaired) electrons. The number of carbonyl (C=O) groups is 1. The lowest BCUT2D eigenvalue weighted by Crippen LogP contribution is -2.35. The van der Waals surface area contributed by atoms with Crippen LogP contribution in [0.1, 0.15) is 17.0 Å². The van der Waals surface area contributed by atoms with Gasteiger partial charge in [-0.2, -0.15) is 5.10 Å². The van der Waals surface area contributed by atoms with Crippen molar-refractivity contribution in [3.63, 3.8) is 0 Å². The highest BCUT2D eigenvalue weighted by Crippen LogP contribution is 2.30. The van der Waals surface area contributed by atoms with E-state index >= 15 is 0 Å². The van der Waals surface area contributed by atoms with Crippen molar-refractivity contribution in [1.29, 1.82) is 0 Å². The van der Waals surface area contributed by atoms with E-state index in [1.54, 1.807) is 28.8 Å². The summed E-state index contributed by atoms with van der Waals surface area (Å²) in [6.45, 7) is 1.88. The topological polar surface area (TPSA) is 79.6 Å². The van der Waals surface area contributed by atoms with Crippen LogP contribution in [0, 0.1) is 5.92 Å². The molecule has 2 N–H and O–H groups in total. The number of phenolic OH excluding ortho intramolecular Hbond substituents is 1. The Bertz CT molecular complexity index is 759. The van der Waals surface area contributed by atoms with Crippen LogP contribution < -0.4 is 10.1 Å². The fourth-order valence-electron chi connectivity index (χ4n) is 3.39. The first kappa shape index (κ1) is 17.3. The van der Waals surface area contributed by atoms with Gasteiger partial charge in [0.25, 0.3) is 0 Å². The Morgan fingerprint density at radius 2 is 2.28 bits per heavy atom. The van der Waals surface area contributed by atoms with Gasteiger partial charge in [0, 0.05) is 45.8 Å². The first-order valence-electron chi connectivity index (χ1n) is 8.29. The summed E-state index contributed by atoms with van der Waals surface area (Å²) in [5.41, 5.74) is 1.94. The van der Waals surface area contributed by atoms with Gasteiger partial charge in [0.05, 0.1) is 19.2 Å². The molecule has 2 atom stereocenters. The van der Waals surface area contributed by atoms with Crippen LogP contribution in [0.25, 0.3) is 0 Å². The Kier molecular flexibility index (Phi) is 4.94. The minimum atomic E-state index is -0.110. The Morgan fingerprint density at radius 3 is 2.92 bits per heavy atom. The van der Waals surface area contributed by atoms with Gasteiger partial charge in [-0.25, -0.2) is 0 Å². The molecule has 1 aromatic heterocycles. The number of phenols is 1. The number of hydrogen-bond acceptors (Lipinski definition) is 5. The molecule has 7 nitrogen and oxygen atoms in total. The van der Waals surface area contributed by atoms with Gasteiger partial charge in [-0.05, 0) is 23.3 Å². The predicted octanol–water partition coefficient (Wildman–Crippen LogP) is 1.10. The first-order valence-corrected chi connectivity index (χ1v) is 8.29. The normalized spacial score (nSPS) is 19.8. The maximum Gasteiger partial charge on any atom is 0.227 e. The van der Waals surface area contributed by atoms with Gasteiger partial charge in [0.1, 0.15) is 0 Å². The molecule has 0 aliphatic carbocycles. The number of aromatic nitrogens is 2. The second-order valence-electron chi connectivity index (χ2n) is 6.52. The van der Waals surface area contributed by atoms with Gasteiger partial charge in [-0.15, -0.1) is 0 Å². The summed E-state index contributed by atoms with van der Waals surface area (Å²) in [6.07, 6.45) is 3.80. The average molecular weight is 344 g/mol. The summed E-state index contributed by atoms with van der Waals surface area (Å²) in [7, 11) is 5.18. The number of aryl methyl sites for hydroxylation is 1. The molecule has 0 bridgehead atoms. The number of aromatic hydroxyl groups is 1. The molecular weight excluding hydrogens is 320 g/mol. The lowest BCUT2D eigenvalue weighted by atomic mass is 9.90. The zero-order valence-corrected chi connectivity index (χ0v) is 14.8. The summed E-state index contributed by atoms with van der Waals surface area (Å²) in [5.74, 6) is 0.620. The largest absolute Gasteiger partial charge is 0.504 e. The smallest absolute Gasteiger partial charge is 0.227 e.